The van der Waals surface area contributed by atoms with Gasteiger partial charge in [0, 0.05) is 22.7 Å². The van der Waals surface area contributed by atoms with Crippen LogP contribution in [0.5, 0.6) is 11.5 Å². The number of nitrogens with two attached hydrogens (primary N) is 1. The summed E-state index contributed by atoms with van der Waals surface area (Å²) >= 11 is 3.02. The van der Waals surface area contributed by atoms with E-state index in [4.69, 9.17) is 15.2 Å². The van der Waals surface area contributed by atoms with Crippen LogP contribution in [0, 0.1) is 5.82 Å². The molecule has 1 aliphatic rings. The number of primary amides is 1. The molecule has 2 heterocycles. The first-order chi connectivity index (χ1) is 20.8. The van der Waals surface area contributed by atoms with Crippen LogP contribution >= 0.6 is 15.9 Å². The number of hydrogen-bond donors (Lipinski definition) is 3. The highest BCUT2D eigenvalue weighted by Gasteiger charge is 2.57. The zero-order valence-electron chi connectivity index (χ0n) is 23.3. The number of nitrogens with one attached hydrogen (secondary N) is 1. The highest BCUT2D eigenvalue weighted by molar-refractivity contribution is 9.10. The molecule has 0 radical (unpaired) electrons. The highest BCUT2D eigenvalue weighted by Crippen LogP contribution is 2.43. The van der Waals surface area contributed by atoms with Crippen LogP contribution in [-0.4, -0.2) is 58.1 Å². The van der Waals surface area contributed by atoms with Crippen LogP contribution in [0.25, 0.3) is 22.2 Å². The Morgan fingerprint density at radius 1 is 1.23 bits per heavy atom. The number of pyridine rings is 1. The number of fused-ring (bicyclic) bond motifs is 1. The monoisotopic (exact) mass is 679 g/mol. The molecule has 232 valence electrons. The Kier molecular flexibility index (Phi) is 8.29. The Balaban J connectivity index is 1.57. The first-order valence-corrected chi connectivity index (χ1v) is 14.1. The zero-order valence-corrected chi connectivity index (χ0v) is 24.9. The summed E-state index contributed by atoms with van der Waals surface area (Å²) in [5.41, 5.74) is -0.473. The number of methoxy groups -OCH3 is 1. The van der Waals surface area contributed by atoms with E-state index in [1.165, 1.54) is 44.4 Å². The normalized spacial score (nSPS) is 14.7. The number of alkyl halides is 3. The van der Waals surface area contributed by atoms with Crippen LogP contribution < -0.4 is 20.5 Å². The van der Waals surface area contributed by atoms with Crippen LogP contribution in [-0.2, 0) is 5.60 Å². The van der Waals surface area contributed by atoms with Crippen molar-refractivity contribution in [1.82, 2.24) is 20.1 Å². The van der Waals surface area contributed by atoms with Gasteiger partial charge in [0.1, 0.15) is 22.8 Å². The van der Waals surface area contributed by atoms with E-state index in [0.29, 0.717) is 17.0 Å². The first kappa shape index (κ1) is 31.2. The summed E-state index contributed by atoms with van der Waals surface area (Å²) < 4.78 is 71.5. The van der Waals surface area contributed by atoms with E-state index >= 15 is 4.39 Å². The molecule has 0 unspecified atom stereocenters. The molecule has 0 saturated heterocycles. The molecule has 0 bridgehead atoms. The van der Waals surface area contributed by atoms with Gasteiger partial charge in [0.05, 0.1) is 42.0 Å². The number of aliphatic hydroxyl groups is 1. The highest BCUT2D eigenvalue weighted by atomic mass is 79.9. The van der Waals surface area contributed by atoms with Crippen molar-refractivity contribution in [2.45, 2.75) is 37.6 Å². The van der Waals surface area contributed by atoms with Gasteiger partial charge < -0.3 is 25.6 Å². The average molecular weight is 680 g/mol. The maximum atomic E-state index is 15.1. The fourth-order valence-electron chi connectivity index (χ4n) is 4.67. The smallest absolute Gasteiger partial charge is 0.424 e. The van der Waals surface area contributed by atoms with Gasteiger partial charge in [-0.05, 0) is 66.0 Å². The van der Waals surface area contributed by atoms with Crippen LogP contribution in [0.3, 0.4) is 0 Å². The lowest BCUT2D eigenvalue weighted by molar-refractivity contribution is -0.265. The fraction of sp³-hybridized carbons (Fsp3) is 0.310. The minimum Gasteiger partial charge on any atom is -0.494 e. The quantitative estimate of drug-likeness (QED) is 0.200. The second kappa shape index (κ2) is 11.7. The largest absolute Gasteiger partial charge is 0.494 e. The maximum Gasteiger partial charge on any atom is 0.424 e. The van der Waals surface area contributed by atoms with Gasteiger partial charge in [-0.15, -0.1) is 0 Å². The molecule has 1 atom stereocenters. The van der Waals surface area contributed by atoms with Gasteiger partial charge in [0.25, 0.3) is 11.8 Å². The van der Waals surface area contributed by atoms with E-state index in [2.05, 4.69) is 31.3 Å². The van der Waals surface area contributed by atoms with Gasteiger partial charge in [-0.1, -0.05) is 6.07 Å². The van der Waals surface area contributed by atoms with Crippen molar-refractivity contribution < 1.29 is 41.7 Å². The van der Waals surface area contributed by atoms with Gasteiger partial charge in [0.15, 0.2) is 5.75 Å². The van der Waals surface area contributed by atoms with Gasteiger partial charge in [-0.2, -0.15) is 18.3 Å². The van der Waals surface area contributed by atoms with Crippen LogP contribution in [0.15, 0.2) is 47.1 Å². The summed E-state index contributed by atoms with van der Waals surface area (Å²) in [5.74, 6) is -3.23. The molecule has 1 aliphatic carbocycles. The summed E-state index contributed by atoms with van der Waals surface area (Å²) in [4.78, 5) is 29.5. The molecule has 4 N–H and O–H groups in total. The average Bonchev–Trinajstić information content (AvgIpc) is 3.74. The fourth-order valence-corrected chi connectivity index (χ4v) is 5.03. The Morgan fingerprint density at radius 2 is 1.95 bits per heavy atom. The second-order valence-corrected chi connectivity index (χ2v) is 11.0. The SMILES string of the molecule is CCOc1c(C(N)=O)cc([C@](O)(CNC(=O)c2cc(OC)c3nn(C4CC4)cc3c2)C(F)(F)F)nc1-c1cccc(Br)c1F. The first-order valence-electron chi connectivity index (χ1n) is 13.4. The number of ether oxygens (including phenoxy) is 2. The van der Waals surface area contributed by atoms with Crippen molar-refractivity contribution in [3.05, 3.63) is 69.7 Å². The third kappa shape index (κ3) is 5.68. The number of halogens is 5. The van der Waals surface area contributed by atoms with Crippen molar-refractivity contribution in [1.29, 1.82) is 0 Å². The van der Waals surface area contributed by atoms with E-state index in [9.17, 15) is 27.9 Å². The molecule has 1 saturated carbocycles. The summed E-state index contributed by atoms with van der Waals surface area (Å²) in [5, 5.41) is 18.3. The predicted molar refractivity (Wildman–Crippen MR) is 154 cm³/mol. The number of carbonyl (C=O) groups is 2. The Morgan fingerprint density at radius 3 is 2.57 bits per heavy atom. The lowest BCUT2D eigenvalue weighted by Crippen LogP contribution is -2.51. The van der Waals surface area contributed by atoms with Crippen molar-refractivity contribution in [2.75, 3.05) is 20.3 Å². The van der Waals surface area contributed by atoms with Gasteiger partial charge >= 0.3 is 6.18 Å². The van der Waals surface area contributed by atoms with E-state index in [0.717, 1.165) is 12.8 Å². The third-order valence-electron chi connectivity index (χ3n) is 7.13. The summed E-state index contributed by atoms with van der Waals surface area (Å²) in [6, 6.07) is 7.57. The Hall–Kier alpha value is -4.24. The van der Waals surface area contributed by atoms with E-state index in [-0.39, 0.29) is 39.7 Å². The second-order valence-electron chi connectivity index (χ2n) is 10.1. The van der Waals surface area contributed by atoms with Crippen molar-refractivity contribution in [2.24, 2.45) is 5.73 Å². The number of carbonyl (C=O) groups excluding carboxylic acids is 2. The lowest BCUT2D eigenvalue weighted by atomic mass is 9.94. The molecule has 44 heavy (non-hydrogen) atoms. The van der Waals surface area contributed by atoms with Crippen LogP contribution in [0.4, 0.5) is 17.6 Å². The molecule has 10 nitrogen and oxygen atoms in total. The topological polar surface area (TPSA) is 142 Å². The molecule has 0 aliphatic heterocycles. The summed E-state index contributed by atoms with van der Waals surface area (Å²) in [7, 11) is 1.37. The Labute approximate surface area is 256 Å². The van der Waals surface area contributed by atoms with Crippen LogP contribution in [0.2, 0.25) is 0 Å². The summed E-state index contributed by atoms with van der Waals surface area (Å²) in [6.45, 7) is 0.0398. The molecule has 2 amide bonds. The van der Waals surface area contributed by atoms with Gasteiger partial charge in [0.2, 0.25) is 5.60 Å². The lowest BCUT2D eigenvalue weighted by Gasteiger charge is -2.31. The predicted octanol–water partition coefficient (Wildman–Crippen LogP) is 5.02. The van der Waals surface area contributed by atoms with E-state index in [1.54, 1.807) is 10.9 Å². The van der Waals surface area contributed by atoms with Crippen molar-refractivity contribution in [3.63, 3.8) is 0 Å². The Bertz CT molecular complexity index is 1780. The van der Waals surface area contributed by atoms with E-state index < -0.39 is 52.9 Å². The minimum absolute atomic E-state index is 0.0429. The number of hydrogen-bond acceptors (Lipinski definition) is 7. The van der Waals surface area contributed by atoms with E-state index in [1.807, 2.05) is 0 Å². The number of benzene rings is 2. The maximum absolute atomic E-state index is 15.1. The number of amides is 2. The molecule has 2 aromatic carbocycles. The molecule has 0 spiro atoms. The minimum atomic E-state index is -5.44. The standard InChI is InChI=1S/C29H26BrF4N5O5/c1-3-44-25-18(26(35)40)11-21(37-24(25)17-5-4-6-19(30)22(17)31)28(42,29(32,33)34)13-36-27(41)14-9-15-12-39(16-7-8-16)38-23(15)20(10-14)43-2/h4-6,9-12,16,42H,3,7-8,13H2,1-2H3,(H2,35,40)(H,36,41)/t28-/m1/s1. The zero-order chi connectivity index (χ0) is 32.0. The van der Waals surface area contributed by atoms with Crippen molar-refractivity contribution in [3.8, 4) is 22.8 Å². The molecule has 2 aromatic heterocycles. The summed E-state index contributed by atoms with van der Waals surface area (Å²) in [6.07, 6.45) is -1.81. The molecule has 1 fully saturated rings. The molecule has 15 heteroatoms. The molecule has 4 aromatic rings. The number of rotatable bonds is 10. The number of aromatic nitrogens is 3. The van der Waals surface area contributed by atoms with Crippen LogP contribution in [0.1, 0.15) is 52.2 Å². The molecular formula is C29H26BrF4N5O5. The molecular weight excluding hydrogens is 654 g/mol. The van der Waals surface area contributed by atoms with Crippen molar-refractivity contribution >= 4 is 38.6 Å². The number of nitrogens with zero attached hydrogens (tertiary/aromatic N) is 3. The van der Waals surface area contributed by atoms with Gasteiger partial charge in [-0.3, -0.25) is 14.3 Å². The molecule has 5 rings (SSSR count). The van der Waals surface area contributed by atoms with Gasteiger partial charge in [-0.25, -0.2) is 9.37 Å². The third-order valence-corrected chi connectivity index (χ3v) is 7.74.